The van der Waals surface area contributed by atoms with E-state index in [2.05, 4.69) is 0 Å². The Morgan fingerprint density at radius 2 is 1.68 bits per heavy atom. The number of nitrogens with zero attached hydrogens (tertiary/aromatic N) is 2. The first-order chi connectivity index (χ1) is 16.4. The number of esters is 1. The number of aromatic hydroxyl groups is 1. The van der Waals surface area contributed by atoms with Crippen molar-refractivity contribution in [1.29, 1.82) is 0 Å². The number of rotatable bonds is 6. The summed E-state index contributed by atoms with van der Waals surface area (Å²) >= 11 is 0. The van der Waals surface area contributed by atoms with Gasteiger partial charge in [0.2, 0.25) is 11.9 Å². The molecule has 0 radical (unpaired) electrons. The Morgan fingerprint density at radius 1 is 1.03 bits per heavy atom. The van der Waals surface area contributed by atoms with E-state index in [0.29, 0.717) is 11.1 Å². The van der Waals surface area contributed by atoms with E-state index in [0.717, 1.165) is 11.1 Å². The molecule has 1 fully saturated rings. The maximum atomic E-state index is 13.4. The molecule has 1 N–H and O–H groups in total. The summed E-state index contributed by atoms with van der Waals surface area (Å²) in [7, 11) is 1.30. The van der Waals surface area contributed by atoms with Crippen LogP contribution in [0.3, 0.4) is 0 Å². The van der Waals surface area contributed by atoms with Crippen LogP contribution in [0.2, 0.25) is 0 Å². The topological polar surface area (TPSA) is 110 Å². The van der Waals surface area contributed by atoms with Gasteiger partial charge in [-0.2, -0.15) is 0 Å². The molecule has 4 rings (SSSR count). The fourth-order valence-corrected chi connectivity index (χ4v) is 4.56. The Morgan fingerprint density at radius 3 is 2.26 bits per heavy atom. The third kappa shape index (κ3) is 4.61. The predicted octanol–water partition coefficient (Wildman–Crippen LogP) is 4.08. The minimum Gasteiger partial charge on any atom is -0.508 e. The van der Waals surface area contributed by atoms with Gasteiger partial charge in [0.1, 0.15) is 11.8 Å². The summed E-state index contributed by atoms with van der Waals surface area (Å²) in [5, 5.41) is 22.2. The molecule has 8 nitrogen and oxygen atoms in total. The van der Waals surface area contributed by atoms with Gasteiger partial charge in [-0.25, -0.2) is 4.79 Å². The van der Waals surface area contributed by atoms with Crippen LogP contribution in [0.1, 0.15) is 45.4 Å². The summed E-state index contributed by atoms with van der Waals surface area (Å²) in [5.41, 5.74) is 2.41. The number of piperidine rings is 1. The normalized spacial score (nSPS) is 20.1. The second-order valence-electron chi connectivity index (χ2n) is 8.24. The molecule has 34 heavy (non-hydrogen) atoms. The molecule has 0 unspecified atom stereocenters. The van der Waals surface area contributed by atoms with E-state index in [4.69, 9.17) is 4.74 Å². The highest BCUT2D eigenvalue weighted by Crippen LogP contribution is 2.42. The maximum absolute atomic E-state index is 13.4. The molecule has 8 heteroatoms. The second kappa shape index (κ2) is 9.74. The molecule has 0 spiro atoms. The van der Waals surface area contributed by atoms with Crippen LogP contribution in [0.4, 0.5) is 0 Å². The lowest BCUT2D eigenvalue weighted by Gasteiger charge is -2.41. The zero-order valence-electron chi connectivity index (χ0n) is 18.5. The van der Waals surface area contributed by atoms with Gasteiger partial charge < -0.3 is 14.7 Å². The fourth-order valence-electron chi connectivity index (χ4n) is 4.56. The lowest BCUT2D eigenvalue weighted by molar-refractivity contribution is -0.537. The second-order valence-corrected chi connectivity index (χ2v) is 8.24. The number of benzene rings is 3. The van der Waals surface area contributed by atoms with Crippen LogP contribution in [0.25, 0.3) is 0 Å². The van der Waals surface area contributed by atoms with Crippen LogP contribution < -0.4 is 0 Å². The Balaban J connectivity index is 1.75. The maximum Gasteiger partial charge on any atom is 0.337 e. The van der Waals surface area contributed by atoms with Gasteiger partial charge in [-0.05, 0) is 41.0 Å². The highest BCUT2D eigenvalue weighted by atomic mass is 16.6. The highest BCUT2D eigenvalue weighted by Gasteiger charge is 2.50. The van der Waals surface area contributed by atoms with Gasteiger partial charge in [-0.3, -0.25) is 14.9 Å². The smallest absolute Gasteiger partial charge is 0.337 e. The van der Waals surface area contributed by atoms with Gasteiger partial charge in [0.15, 0.2) is 0 Å². The lowest BCUT2D eigenvalue weighted by Crippen LogP contribution is -2.51. The number of phenols is 1. The van der Waals surface area contributed by atoms with Gasteiger partial charge in [0.25, 0.3) is 0 Å². The van der Waals surface area contributed by atoms with Crippen molar-refractivity contribution < 1.29 is 24.4 Å². The van der Waals surface area contributed by atoms with Gasteiger partial charge in [-0.1, -0.05) is 54.6 Å². The molecule has 0 aromatic heterocycles. The number of hydrogen-bond acceptors (Lipinski definition) is 6. The monoisotopic (exact) mass is 460 g/mol. The third-order valence-electron chi connectivity index (χ3n) is 6.22. The van der Waals surface area contributed by atoms with E-state index in [-0.39, 0.29) is 29.5 Å². The molecule has 3 atom stereocenters. The molecule has 3 aromatic rings. The van der Waals surface area contributed by atoms with Crippen LogP contribution in [0.15, 0.2) is 78.9 Å². The molecular formula is C26H24N2O6. The molecule has 0 bridgehead atoms. The summed E-state index contributed by atoms with van der Waals surface area (Å²) in [4.78, 5) is 38.8. The number of likely N-dealkylation sites (tertiary alicyclic amines) is 1. The third-order valence-corrected chi connectivity index (χ3v) is 6.22. The molecule has 1 amide bonds. The predicted molar refractivity (Wildman–Crippen MR) is 124 cm³/mol. The van der Waals surface area contributed by atoms with Crippen molar-refractivity contribution in [3.63, 3.8) is 0 Å². The number of methoxy groups -OCH3 is 1. The molecule has 1 aliphatic rings. The molecule has 0 aliphatic carbocycles. The van der Waals surface area contributed by atoms with E-state index >= 15 is 0 Å². The van der Waals surface area contributed by atoms with Crippen molar-refractivity contribution in [3.05, 3.63) is 111 Å². The largest absolute Gasteiger partial charge is 0.508 e. The number of amides is 1. The van der Waals surface area contributed by atoms with E-state index in [1.165, 1.54) is 24.1 Å². The summed E-state index contributed by atoms with van der Waals surface area (Å²) in [6.07, 6.45) is 0.00445. The van der Waals surface area contributed by atoms with Crippen molar-refractivity contribution in [3.8, 4) is 5.75 Å². The van der Waals surface area contributed by atoms with Crippen LogP contribution in [-0.4, -0.2) is 40.0 Å². The zero-order valence-corrected chi connectivity index (χ0v) is 18.5. The van der Waals surface area contributed by atoms with Crippen molar-refractivity contribution in [2.75, 3.05) is 7.11 Å². The first-order valence-electron chi connectivity index (χ1n) is 10.8. The molecule has 1 aliphatic heterocycles. The lowest BCUT2D eigenvalue weighted by atomic mass is 9.78. The Hall–Kier alpha value is -4.20. The standard InChI is InChI=1S/C26H24N2O6/c1-34-26(31)20-9-7-17(8-10-20)16-27-23(30)15-22(18-5-3-2-4-6-18)25(28(32)33)24(27)19-11-13-21(29)14-12-19/h2-14,22,24-25,29H,15-16H2,1H3/t22-,24+,25-/m0/s1. The van der Waals surface area contributed by atoms with Crippen LogP contribution in [0.5, 0.6) is 5.75 Å². The van der Waals surface area contributed by atoms with E-state index < -0.39 is 24.0 Å². The summed E-state index contributed by atoms with van der Waals surface area (Å²) < 4.78 is 4.72. The molecule has 0 saturated carbocycles. The number of carbonyl (C=O) groups is 2. The zero-order chi connectivity index (χ0) is 24.2. The number of phenolic OH excluding ortho intramolecular Hbond substituents is 1. The first-order valence-corrected chi connectivity index (χ1v) is 10.8. The quantitative estimate of drug-likeness (QED) is 0.337. The van der Waals surface area contributed by atoms with Crippen molar-refractivity contribution in [1.82, 2.24) is 4.90 Å². The van der Waals surface area contributed by atoms with Crippen molar-refractivity contribution in [2.24, 2.45) is 0 Å². The average Bonchev–Trinajstić information content (AvgIpc) is 2.85. The van der Waals surface area contributed by atoms with E-state index in [9.17, 15) is 24.8 Å². The minimum absolute atomic E-state index is 0.00445. The number of ether oxygens (including phenoxy) is 1. The van der Waals surface area contributed by atoms with Gasteiger partial charge in [0, 0.05) is 17.9 Å². The van der Waals surface area contributed by atoms with Gasteiger partial charge in [0.05, 0.1) is 18.6 Å². The fraction of sp³-hybridized carbons (Fsp3) is 0.231. The summed E-state index contributed by atoms with van der Waals surface area (Å²) in [6, 6.07) is 19.9. The van der Waals surface area contributed by atoms with Crippen molar-refractivity contribution >= 4 is 11.9 Å². The molecule has 1 heterocycles. The van der Waals surface area contributed by atoms with Gasteiger partial charge >= 0.3 is 5.97 Å². The first kappa shape index (κ1) is 23.0. The molecule has 3 aromatic carbocycles. The highest BCUT2D eigenvalue weighted by molar-refractivity contribution is 5.89. The van der Waals surface area contributed by atoms with E-state index in [1.807, 2.05) is 30.3 Å². The van der Waals surface area contributed by atoms with Gasteiger partial charge in [-0.15, -0.1) is 0 Å². The Kier molecular flexibility index (Phi) is 6.58. The minimum atomic E-state index is -1.08. The molecule has 174 valence electrons. The molecular weight excluding hydrogens is 436 g/mol. The van der Waals surface area contributed by atoms with Crippen LogP contribution in [-0.2, 0) is 16.1 Å². The summed E-state index contributed by atoms with van der Waals surface area (Å²) in [5.74, 6) is -1.24. The molecule has 1 saturated heterocycles. The van der Waals surface area contributed by atoms with Crippen LogP contribution >= 0.6 is 0 Å². The van der Waals surface area contributed by atoms with E-state index in [1.54, 1.807) is 36.4 Å². The van der Waals surface area contributed by atoms with Crippen LogP contribution in [0, 0.1) is 10.1 Å². The Bertz CT molecular complexity index is 1180. The number of carbonyl (C=O) groups excluding carboxylic acids is 2. The number of hydrogen-bond donors (Lipinski definition) is 1. The number of nitro groups is 1. The summed E-state index contributed by atoms with van der Waals surface area (Å²) in [6.45, 7) is 0.137. The average molecular weight is 460 g/mol. The SMILES string of the molecule is COC(=O)c1ccc(CN2C(=O)C[C@@H](c3ccccc3)[C@H]([N+](=O)[O-])[C@H]2c2ccc(O)cc2)cc1. The Labute approximate surface area is 196 Å². The van der Waals surface area contributed by atoms with Crippen molar-refractivity contribution in [2.45, 2.75) is 31.0 Å².